The third-order valence-electron chi connectivity index (χ3n) is 3.35. The molecule has 2 aromatic heterocycles. The first-order valence-electron chi connectivity index (χ1n) is 7.45. The number of nitrogens with zero attached hydrogens (tertiary/aromatic N) is 1. The zero-order valence-corrected chi connectivity index (χ0v) is 16.4. The number of aromatic nitrogens is 1. The number of halogens is 2. The van der Waals surface area contributed by atoms with Crippen molar-refractivity contribution in [2.24, 2.45) is 0 Å². The molecule has 0 radical (unpaired) electrons. The van der Waals surface area contributed by atoms with E-state index in [2.05, 4.69) is 15.6 Å². The Morgan fingerprint density at radius 2 is 1.96 bits per heavy atom. The lowest BCUT2D eigenvalue weighted by Crippen LogP contribution is -2.18. The number of amides is 2. The number of pyridine rings is 1. The smallest absolute Gasteiger partial charge is 0.341 e. The van der Waals surface area contributed by atoms with Crippen LogP contribution in [0.4, 0.5) is 5.00 Å². The largest absolute Gasteiger partial charge is 0.462 e. The van der Waals surface area contributed by atoms with Gasteiger partial charge >= 0.3 is 5.97 Å². The maximum absolute atomic E-state index is 12.5. The van der Waals surface area contributed by atoms with Gasteiger partial charge in [0.05, 0.1) is 27.6 Å². The summed E-state index contributed by atoms with van der Waals surface area (Å²) in [5.41, 5.74) is 0.717. The Labute approximate surface area is 163 Å². The molecule has 7 nitrogen and oxygen atoms in total. The molecule has 0 aliphatic carbocycles. The number of ether oxygens (including phenoxy) is 1. The topological polar surface area (TPSA) is 97.4 Å². The first-order chi connectivity index (χ1) is 12.3. The van der Waals surface area contributed by atoms with Crippen molar-refractivity contribution < 1.29 is 19.1 Å². The summed E-state index contributed by atoms with van der Waals surface area (Å²) in [5.74, 6) is -1.54. The van der Waals surface area contributed by atoms with Crippen LogP contribution >= 0.6 is 34.5 Å². The van der Waals surface area contributed by atoms with Crippen molar-refractivity contribution in [3.05, 3.63) is 44.0 Å². The van der Waals surface area contributed by atoms with E-state index in [1.165, 1.54) is 19.3 Å². The average Bonchev–Trinajstić information content (AvgIpc) is 2.92. The Balaban J connectivity index is 2.43. The molecule has 138 valence electrons. The highest BCUT2D eigenvalue weighted by molar-refractivity contribution is 7.18. The van der Waals surface area contributed by atoms with E-state index in [-0.39, 0.29) is 38.8 Å². The lowest BCUT2D eigenvalue weighted by Gasteiger charge is -2.07. The number of rotatable bonds is 5. The fourth-order valence-electron chi connectivity index (χ4n) is 2.10. The second-order valence-electron chi connectivity index (χ2n) is 5.01. The Kier molecular flexibility index (Phi) is 6.57. The minimum absolute atomic E-state index is 0.0734. The van der Waals surface area contributed by atoms with Gasteiger partial charge in [0.1, 0.15) is 10.2 Å². The monoisotopic (exact) mass is 415 g/mol. The summed E-state index contributed by atoms with van der Waals surface area (Å²) in [6.07, 6.45) is 1.26. The van der Waals surface area contributed by atoms with Crippen molar-refractivity contribution in [3.8, 4) is 0 Å². The minimum atomic E-state index is -0.626. The van der Waals surface area contributed by atoms with Gasteiger partial charge < -0.3 is 15.4 Å². The van der Waals surface area contributed by atoms with Crippen molar-refractivity contribution in [2.75, 3.05) is 19.0 Å². The number of nitrogens with one attached hydrogen (secondary N) is 2. The Hall–Kier alpha value is -2.16. The summed E-state index contributed by atoms with van der Waals surface area (Å²) in [5, 5.41) is 5.51. The molecule has 2 rings (SSSR count). The average molecular weight is 416 g/mol. The predicted molar refractivity (Wildman–Crippen MR) is 101 cm³/mol. The number of esters is 1. The molecule has 2 N–H and O–H groups in total. The van der Waals surface area contributed by atoms with Crippen molar-refractivity contribution in [1.29, 1.82) is 0 Å². The SMILES string of the molecule is CCOC(=O)c1c(NC(=O)c2cnc(Cl)c(Cl)c2)sc(C(=O)NC)c1C. The molecule has 0 saturated heterocycles. The summed E-state index contributed by atoms with van der Waals surface area (Å²) >= 11 is 12.6. The van der Waals surface area contributed by atoms with Gasteiger partial charge in [0.2, 0.25) is 0 Å². The van der Waals surface area contributed by atoms with Gasteiger partial charge in [-0.1, -0.05) is 23.2 Å². The Bertz CT molecular complexity index is 883. The van der Waals surface area contributed by atoms with Crippen molar-refractivity contribution in [2.45, 2.75) is 13.8 Å². The molecule has 2 amide bonds. The van der Waals surface area contributed by atoms with Crippen molar-refractivity contribution >= 4 is 57.3 Å². The van der Waals surface area contributed by atoms with Crippen LogP contribution in [-0.2, 0) is 4.74 Å². The standard InChI is InChI=1S/C16H15Cl2N3O4S/c1-4-25-16(24)10-7(2)11(14(23)19-3)26-15(10)21-13(22)8-5-9(17)12(18)20-6-8/h5-6H,4H2,1-3H3,(H,19,23)(H,21,22). The first kappa shape index (κ1) is 20.2. The summed E-state index contributed by atoms with van der Waals surface area (Å²) in [6.45, 7) is 3.44. The summed E-state index contributed by atoms with van der Waals surface area (Å²) in [4.78, 5) is 40.9. The molecule has 26 heavy (non-hydrogen) atoms. The number of hydrogen-bond donors (Lipinski definition) is 2. The van der Waals surface area contributed by atoms with Gasteiger partial charge in [0.25, 0.3) is 11.8 Å². The molecule has 0 bridgehead atoms. The van der Waals surface area contributed by atoms with Crippen LogP contribution in [0.1, 0.15) is 42.9 Å². The third-order valence-corrected chi connectivity index (χ3v) is 5.24. The van der Waals surface area contributed by atoms with Gasteiger partial charge in [-0.15, -0.1) is 11.3 Å². The third kappa shape index (κ3) is 4.14. The van der Waals surface area contributed by atoms with Crippen LogP contribution in [0.2, 0.25) is 10.2 Å². The van der Waals surface area contributed by atoms with Crippen LogP contribution in [0.15, 0.2) is 12.3 Å². The molecule has 10 heteroatoms. The van der Waals surface area contributed by atoms with Crippen LogP contribution < -0.4 is 10.6 Å². The molecule has 0 unspecified atom stereocenters. The zero-order valence-electron chi connectivity index (χ0n) is 14.1. The molecule has 0 saturated carbocycles. The van der Waals surface area contributed by atoms with E-state index in [0.717, 1.165) is 11.3 Å². The fourth-order valence-corrected chi connectivity index (χ4v) is 3.51. The van der Waals surface area contributed by atoms with Gasteiger partial charge in [0.15, 0.2) is 0 Å². The molecule has 0 atom stereocenters. The number of carbonyl (C=O) groups is 3. The van der Waals surface area contributed by atoms with Gasteiger partial charge in [0, 0.05) is 13.2 Å². The Morgan fingerprint density at radius 1 is 1.27 bits per heavy atom. The van der Waals surface area contributed by atoms with Crippen LogP contribution in [0.3, 0.4) is 0 Å². The van der Waals surface area contributed by atoms with E-state index in [0.29, 0.717) is 10.4 Å². The predicted octanol–water partition coefficient (Wildman–Crippen LogP) is 3.55. The van der Waals surface area contributed by atoms with Crippen LogP contribution in [-0.4, -0.2) is 36.4 Å². The van der Waals surface area contributed by atoms with Crippen molar-refractivity contribution in [3.63, 3.8) is 0 Å². The lowest BCUT2D eigenvalue weighted by molar-refractivity contribution is 0.0527. The summed E-state index contributed by atoms with van der Waals surface area (Å²) < 4.78 is 5.03. The number of anilines is 1. The molecule has 0 spiro atoms. The number of carbonyl (C=O) groups excluding carboxylic acids is 3. The van der Waals surface area contributed by atoms with E-state index < -0.39 is 11.9 Å². The number of thiophene rings is 1. The number of hydrogen-bond acceptors (Lipinski definition) is 6. The molecule has 2 aromatic rings. The fraction of sp³-hybridized carbons (Fsp3) is 0.250. The van der Waals surface area contributed by atoms with Gasteiger partial charge in [-0.25, -0.2) is 9.78 Å². The van der Waals surface area contributed by atoms with Gasteiger partial charge in [-0.2, -0.15) is 0 Å². The maximum Gasteiger partial charge on any atom is 0.341 e. The first-order valence-corrected chi connectivity index (χ1v) is 9.02. The Morgan fingerprint density at radius 3 is 2.54 bits per heavy atom. The summed E-state index contributed by atoms with van der Waals surface area (Å²) in [7, 11) is 1.48. The van der Waals surface area contributed by atoms with E-state index in [4.69, 9.17) is 27.9 Å². The van der Waals surface area contributed by atoms with Crippen LogP contribution in [0.5, 0.6) is 0 Å². The summed E-state index contributed by atoms with van der Waals surface area (Å²) in [6, 6.07) is 1.36. The quantitative estimate of drug-likeness (QED) is 0.574. The normalized spacial score (nSPS) is 10.3. The highest BCUT2D eigenvalue weighted by Crippen LogP contribution is 2.34. The highest BCUT2D eigenvalue weighted by atomic mass is 35.5. The molecule has 0 aromatic carbocycles. The van der Waals surface area contributed by atoms with E-state index in [9.17, 15) is 14.4 Å². The minimum Gasteiger partial charge on any atom is -0.462 e. The second kappa shape index (κ2) is 8.48. The van der Waals surface area contributed by atoms with Crippen LogP contribution in [0.25, 0.3) is 0 Å². The van der Waals surface area contributed by atoms with Crippen molar-refractivity contribution in [1.82, 2.24) is 10.3 Å². The second-order valence-corrected chi connectivity index (χ2v) is 6.80. The van der Waals surface area contributed by atoms with E-state index >= 15 is 0 Å². The highest BCUT2D eigenvalue weighted by Gasteiger charge is 2.26. The molecule has 0 fully saturated rings. The molecule has 0 aliphatic heterocycles. The lowest BCUT2D eigenvalue weighted by atomic mass is 10.1. The maximum atomic E-state index is 12.5. The zero-order chi connectivity index (χ0) is 19.4. The van der Waals surface area contributed by atoms with E-state index in [1.54, 1.807) is 13.8 Å². The molecular weight excluding hydrogens is 401 g/mol. The van der Waals surface area contributed by atoms with Gasteiger partial charge in [-0.3, -0.25) is 9.59 Å². The molecule has 0 aliphatic rings. The van der Waals surface area contributed by atoms with Crippen LogP contribution in [0, 0.1) is 6.92 Å². The molecular formula is C16H15Cl2N3O4S. The van der Waals surface area contributed by atoms with E-state index in [1.807, 2.05) is 0 Å². The van der Waals surface area contributed by atoms with Gasteiger partial charge in [-0.05, 0) is 25.5 Å². The molecule has 2 heterocycles.